The zero-order valence-corrected chi connectivity index (χ0v) is 32.9. The van der Waals surface area contributed by atoms with Crippen molar-refractivity contribution in [3.63, 3.8) is 0 Å². The minimum atomic E-state index is -1.72. The van der Waals surface area contributed by atoms with Crippen molar-refractivity contribution in [1.82, 2.24) is 4.90 Å². The summed E-state index contributed by atoms with van der Waals surface area (Å²) in [6.45, 7) is 15.7. The number of ketones is 1. The summed E-state index contributed by atoms with van der Waals surface area (Å²) in [5.41, 5.74) is -2.73. The molecule has 4 aliphatic rings. The topological polar surface area (TPSA) is 174 Å². The smallest absolute Gasteiger partial charge is 0.311 e. The van der Waals surface area contributed by atoms with Gasteiger partial charge in [0.2, 0.25) is 0 Å². The van der Waals surface area contributed by atoms with Crippen LogP contribution in [0.25, 0.3) is 0 Å². The summed E-state index contributed by atoms with van der Waals surface area (Å²) < 4.78 is 37.6. The molecule has 0 spiro atoms. The van der Waals surface area contributed by atoms with Crippen LogP contribution in [0.4, 0.5) is 0 Å². The molecule has 0 aromatic rings. The Morgan fingerprint density at radius 1 is 0.843 bits per heavy atom. The highest BCUT2D eigenvalue weighted by Gasteiger charge is 2.53. The lowest BCUT2D eigenvalue weighted by atomic mass is 9.74. The number of ether oxygens (including phenoxy) is 6. The molecule has 296 valence electrons. The summed E-state index contributed by atoms with van der Waals surface area (Å²) in [5, 5.41) is 46.3. The number of cyclic esters (lactones) is 1. The minimum Gasteiger partial charge on any atom is -0.461 e. The second-order valence-corrected chi connectivity index (χ2v) is 17.1. The van der Waals surface area contributed by atoms with Crippen molar-refractivity contribution in [3.8, 4) is 0 Å². The van der Waals surface area contributed by atoms with E-state index in [-0.39, 0.29) is 36.7 Å². The Labute approximate surface area is 304 Å². The van der Waals surface area contributed by atoms with Crippen molar-refractivity contribution in [1.29, 1.82) is 0 Å². The van der Waals surface area contributed by atoms with Crippen molar-refractivity contribution >= 4 is 11.8 Å². The fraction of sp³-hybridized carbons (Fsp3) is 0.947. The molecule has 0 bridgehead atoms. The first-order valence-electron chi connectivity index (χ1n) is 19.0. The molecule has 18 atom stereocenters. The standard InChI is InChI=1S/C38H67NO12/c1-18-16-37(8,45)34(51-36-30(42)26(39(10)11)15-19(2)47-36)22(5)31(49-27-17-38(9,46-12)33(43)24(7)48-27)23(6)35(44)50-32(25-13-14-25)21(4)29(41)20(3)28(18)40/h18-27,29-34,36,41-43,45H,13-17H2,1-12H3/t18-,19-,20+,21-,22+,23-,24+,26+,27+,29-,30-,31?,32+,33+,34-,36+,37-,38-/m1/s1. The highest BCUT2D eigenvalue weighted by atomic mass is 16.7. The molecule has 4 fully saturated rings. The maximum absolute atomic E-state index is 14.2. The van der Waals surface area contributed by atoms with Crippen molar-refractivity contribution in [2.75, 3.05) is 21.2 Å². The van der Waals surface area contributed by atoms with Crippen LogP contribution < -0.4 is 0 Å². The van der Waals surface area contributed by atoms with Crippen LogP contribution in [-0.4, -0.2) is 137 Å². The molecule has 13 heteroatoms. The molecule has 3 heterocycles. The average Bonchev–Trinajstić information content (AvgIpc) is 3.91. The zero-order chi connectivity index (χ0) is 38.3. The fourth-order valence-electron chi connectivity index (χ4n) is 8.81. The fourth-order valence-corrected chi connectivity index (χ4v) is 8.81. The van der Waals surface area contributed by atoms with Gasteiger partial charge in [-0.25, -0.2) is 0 Å². The third-order valence-corrected chi connectivity index (χ3v) is 12.4. The van der Waals surface area contributed by atoms with Gasteiger partial charge in [0, 0.05) is 43.2 Å². The Balaban J connectivity index is 1.80. The van der Waals surface area contributed by atoms with Gasteiger partial charge in [-0.1, -0.05) is 27.7 Å². The van der Waals surface area contributed by atoms with E-state index in [0.29, 0.717) is 6.42 Å². The summed E-state index contributed by atoms with van der Waals surface area (Å²) in [5.74, 6) is -4.38. The number of hydrogen-bond acceptors (Lipinski definition) is 13. The van der Waals surface area contributed by atoms with Crippen molar-refractivity contribution in [3.05, 3.63) is 0 Å². The first-order valence-corrected chi connectivity index (χ1v) is 19.0. The number of Topliss-reactive ketones (excluding diaryl/α,β-unsaturated/α-hetero) is 1. The van der Waals surface area contributed by atoms with E-state index in [9.17, 15) is 30.0 Å². The van der Waals surface area contributed by atoms with E-state index in [1.54, 1.807) is 48.5 Å². The molecule has 4 N–H and O–H groups in total. The number of nitrogens with zero attached hydrogens (tertiary/aromatic N) is 1. The SMILES string of the molecule is CO[C@]1(C)C[C@H](OC2[C@@H](C)C(=O)O[C@H](C3CC3)[C@H](C)[C@H](O)[C@@H](C)C(=O)[C@H](C)C[C@@](C)(O)[C@H](O[C@@H]3O[C@H](C)C[C@H](N(C)C)[C@H]3O)[C@H]2C)O[C@@H](C)[C@@H]1O. The Morgan fingerprint density at radius 3 is 2.04 bits per heavy atom. The maximum atomic E-state index is 14.2. The van der Waals surface area contributed by atoms with Crippen molar-refractivity contribution in [2.24, 2.45) is 35.5 Å². The van der Waals surface area contributed by atoms with Gasteiger partial charge in [-0.05, 0) is 80.3 Å². The number of esters is 1. The predicted molar refractivity (Wildman–Crippen MR) is 187 cm³/mol. The number of aliphatic hydroxyl groups is 4. The van der Waals surface area contributed by atoms with Gasteiger partial charge in [-0.15, -0.1) is 0 Å². The molecule has 51 heavy (non-hydrogen) atoms. The molecule has 1 aliphatic carbocycles. The highest BCUT2D eigenvalue weighted by Crippen LogP contribution is 2.43. The van der Waals surface area contributed by atoms with Crippen LogP contribution in [0.3, 0.4) is 0 Å². The van der Waals surface area contributed by atoms with E-state index in [1.807, 2.05) is 32.8 Å². The molecule has 4 rings (SSSR count). The van der Waals surface area contributed by atoms with Crippen LogP contribution in [0.5, 0.6) is 0 Å². The molecule has 0 aromatic carbocycles. The largest absolute Gasteiger partial charge is 0.461 e. The number of carbonyl (C=O) groups is 2. The van der Waals surface area contributed by atoms with Crippen LogP contribution >= 0.6 is 0 Å². The summed E-state index contributed by atoms with van der Waals surface area (Å²) in [4.78, 5) is 30.0. The van der Waals surface area contributed by atoms with Gasteiger partial charge in [0.25, 0.3) is 0 Å². The summed E-state index contributed by atoms with van der Waals surface area (Å²) >= 11 is 0. The lowest BCUT2D eigenvalue weighted by molar-refractivity contribution is -0.317. The Hall–Kier alpha value is -1.26. The van der Waals surface area contributed by atoms with E-state index >= 15 is 0 Å². The first-order chi connectivity index (χ1) is 23.6. The quantitative estimate of drug-likeness (QED) is 0.282. The van der Waals surface area contributed by atoms with E-state index in [4.69, 9.17) is 28.4 Å². The van der Waals surface area contributed by atoms with Gasteiger partial charge < -0.3 is 53.7 Å². The number of carbonyl (C=O) groups excluding carboxylic acids is 2. The van der Waals surface area contributed by atoms with Crippen molar-refractivity contribution in [2.45, 2.75) is 173 Å². The van der Waals surface area contributed by atoms with Gasteiger partial charge >= 0.3 is 5.97 Å². The molecule has 13 nitrogen and oxygen atoms in total. The van der Waals surface area contributed by atoms with E-state index < -0.39 is 102 Å². The first kappa shape index (κ1) is 42.5. The number of methoxy groups -OCH3 is 1. The minimum absolute atomic E-state index is 0.0374. The monoisotopic (exact) mass is 729 g/mol. The van der Waals surface area contributed by atoms with E-state index in [2.05, 4.69) is 0 Å². The lowest BCUT2D eigenvalue weighted by Gasteiger charge is -2.49. The Bertz CT molecular complexity index is 1180. The van der Waals surface area contributed by atoms with Gasteiger partial charge in [-0.3, -0.25) is 9.59 Å². The van der Waals surface area contributed by atoms with Crippen LogP contribution in [0.1, 0.15) is 94.4 Å². The number of aliphatic hydroxyl groups excluding tert-OH is 3. The van der Waals surface area contributed by atoms with Crippen LogP contribution in [-0.2, 0) is 38.0 Å². The molecule has 0 amide bonds. The maximum Gasteiger partial charge on any atom is 0.311 e. The summed E-state index contributed by atoms with van der Waals surface area (Å²) in [6, 6.07) is -0.294. The second-order valence-electron chi connectivity index (χ2n) is 17.1. The lowest BCUT2D eigenvalue weighted by Crippen LogP contribution is -2.60. The predicted octanol–water partition coefficient (Wildman–Crippen LogP) is 2.67. The molecule has 3 saturated heterocycles. The van der Waals surface area contributed by atoms with Crippen LogP contribution in [0.2, 0.25) is 0 Å². The zero-order valence-electron chi connectivity index (χ0n) is 32.9. The summed E-state index contributed by atoms with van der Waals surface area (Å²) in [6.07, 6.45) is -6.46. The highest BCUT2D eigenvalue weighted by molar-refractivity contribution is 5.83. The number of hydrogen-bond donors (Lipinski definition) is 4. The van der Waals surface area contributed by atoms with Gasteiger partial charge in [-0.2, -0.15) is 0 Å². The molecular weight excluding hydrogens is 662 g/mol. The number of likely N-dealkylation sites (N-methyl/N-ethyl adjacent to an activating group) is 1. The van der Waals surface area contributed by atoms with Crippen LogP contribution in [0.15, 0.2) is 0 Å². The Kier molecular flexibility index (Phi) is 13.8. The summed E-state index contributed by atoms with van der Waals surface area (Å²) in [7, 11) is 5.25. The van der Waals surface area contributed by atoms with E-state index in [0.717, 1.165) is 12.8 Å². The Morgan fingerprint density at radius 2 is 1.47 bits per heavy atom. The third kappa shape index (κ3) is 9.35. The second kappa shape index (κ2) is 16.6. The van der Waals surface area contributed by atoms with E-state index in [1.165, 1.54) is 7.11 Å². The third-order valence-electron chi connectivity index (χ3n) is 12.4. The molecule has 3 aliphatic heterocycles. The normalized spacial score (nSPS) is 49.7. The number of rotatable bonds is 7. The average molecular weight is 730 g/mol. The van der Waals surface area contributed by atoms with Gasteiger partial charge in [0.15, 0.2) is 12.6 Å². The molecular formula is C38H67NO12. The molecule has 1 saturated carbocycles. The molecule has 0 radical (unpaired) electrons. The molecule has 0 aromatic heterocycles. The van der Waals surface area contributed by atoms with Crippen LogP contribution in [0, 0.1) is 35.5 Å². The van der Waals surface area contributed by atoms with Crippen molar-refractivity contribution < 1.29 is 58.4 Å². The molecule has 1 unspecified atom stereocenters. The van der Waals surface area contributed by atoms with Gasteiger partial charge in [0.05, 0.1) is 47.6 Å². The van der Waals surface area contributed by atoms with Gasteiger partial charge in [0.1, 0.15) is 24.1 Å².